The van der Waals surface area contributed by atoms with Crippen LogP contribution in [-0.2, 0) is 6.61 Å². The predicted octanol–water partition coefficient (Wildman–Crippen LogP) is 3.27. The molecule has 0 spiro atoms. The lowest BCUT2D eigenvalue weighted by atomic mass is 10.2. The molecule has 0 amide bonds. The fraction of sp³-hybridized carbons (Fsp3) is 0.0833. The third-order valence-electron chi connectivity index (χ3n) is 1.95. The molecule has 15 heavy (non-hydrogen) atoms. The van der Waals surface area contributed by atoms with Crippen molar-refractivity contribution in [1.29, 1.82) is 0 Å². The van der Waals surface area contributed by atoms with Gasteiger partial charge in [-0.05, 0) is 34.2 Å². The number of benzene rings is 1. The lowest BCUT2D eigenvalue weighted by molar-refractivity contribution is 0.305. The molecule has 2 rings (SSSR count). The van der Waals surface area contributed by atoms with Crippen LogP contribution in [-0.4, -0.2) is 4.98 Å². The molecule has 0 bridgehead atoms. The molecule has 2 nitrogen and oxygen atoms in total. The van der Waals surface area contributed by atoms with Gasteiger partial charge in [-0.2, -0.15) is 0 Å². The van der Waals surface area contributed by atoms with Gasteiger partial charge in [0.05, 0.1) is 0 Å². The number of rotatable bonds is 3. The Morgan fingerprint density at radius 2 is 1.93 bits per heavy atom. The van der Waals surface area contributed by atoms with E-state index in [-0.39, 0.29) is 0 Å². The number of hydrogen-bond donors (Lipinski definition) is 0. The minimum atomic E-state index is 0.598. The van der Waals surface area contributed by atoms with Crippen LogP contribution in [0.2, 0.25) is 0 Å². The Hall–Kier alpha value is -1.10. The first kappa shape index (κ1) is 10.4. The van der Waals surface area contributed by atoms with E-state index in [1.54, 1.807) is 6.20 Å². The van der Waals surface area contributed by atoms with Crippen LogP contribution in [0.5, 0.6) is 5.75 Å². The third-order valence-corrected chi connectivity index (χ3v) is 2.54. The van der Waals surface area contributed by atoms with E-state index in [4.69, 9.17) is 4.74 Å². The normalized spacial score (nSPS) is 9.93. The Morgan fingerprint density at radius 3 is 2.67 bits per heavy atom. The Balaban J connectivity index is 1.99. The van der Waals surface area contributed by atoms with Crippen LogP contribution in [0.25, 0.3) is 0 Å². The summed E-state index contributed by atoms with van der Waals surface area (Å²) in [6.45, 7) is 0.598. The SMILES string of the molecule is Ic1cc(OCc2ccccc2)ccn1. The fourth-order valence-electron chi connectivity index (χ4n) is 1.22. The van der Waals surface area contributed by atoms with Gasteiger partial charge in [-0.15, -0.1) is 0 Å². The summed E-state index contributed by atoms with van der Waals surface area (Å²) in [7, 11) is 0. The van der Waals surface area contributed by atoms with Gasteiger partial charge in [0.2, 0.25) is 0 Å². The fourth-order valence-corrected chi connectivity index (χ4v) is 1.68. The van der Waals surface area contributed by atoms with Crippen molar-refractivity contribution in [2.75, 3.05) is 0 Å². The van der Waals surface area contributed by atoms with Gasteiger partial charge in [0.1, 0.15) is 16.1 Å². The van der Waals surface area contributed by atoms with Gasteiger partial charge in [-0.25, -0.2) is 0 Å². The largest absolute Gasteiger partial charge is 0.489 e. The molecule has 0 aliphatic carbocycles. The van der Waals surface area contributed by atoms with Crippen LogP contribution < -0.4 is 4.74 Å². The van der Waals surface area contributed by atoms with Crippen molar-refractivity contribution in [2.45, 2.75) is 6.61 Å². The molecule has 76 valence electrons. The Bertz CT molecular complexity index is 431. The van der Waals surface area contributed by atoms with E-state index < -0.39 is 0 Å². The average Bonchev–Trinajstić information content (AvgIpc) is 2.28. The van der Waals surface area contributed by atoms with Crippen LogP contribution in [0.1, 0.15) is 5.56 Å². The third kappa shape index (κ3) is 3.20. The van der Waals surface area contributed by atoms with Crippen LogP contribution >= 0.6 is 22.6 Å². The van der Waals surface area contributed by atoms with Gasteiger partial charge in [-0.1, -0.05) is 30.3 Å². The van der Waals surface area contributed by atoms with Gasteiger partial charge in [0.25, 0.3) is 0 Å². The zero-order valence-electron chi connectivity index (χ0n) is 8.06. The highest BCUT2D eigenvalue weighted by Gasteiger charge is 1.96. The van der Waals surface area contributed by atoms with Crippen molar-refractivity contribution < 1.29 is 4.74 Å². The number of ether oxygens (including phenoxy) is 1. The summed E-state index contributed by atoms with van der Waals surface area (Å²) in [5.74, 6) is 0.859. The molecule has 0 aliphatic heterocycles. The minimum absolute atomic E-state index is 0.598. The summed E-state index contributed by atoms with van der Waals surface area (Å²) < 4.78 is 6.57. The molecule has 0 N–H and O–H groups in total. The predicted molar refractivity (Wildman–Crippen MR) is 67.7 cm³/mol. The smallest absolute Gasteiger partial charge is 0.123 e. The van der Waals surface area contributed by atoms with E-state index in [0.717, 1.165) is 9.45 Å². The molecular formula is C12H10INO. The number of aromatic nitrogens is 1. The molecule has 1 heterocycles. The van der Waals surface area contributed by atoms with E-state index >= 15 is 0 Å². The second-order valence-electron chi connectivity index (χ2n) is 3.09. The van der Waals surface area contributed by atoms with Gasteiger partial charge in [0, 0.05) is 12.3 Å². The monoisotopic (exact) mass is 311 g/mol. The van der Waals surface area contributed by atoms with Crippen molar-refractivity contribution in [3.63, 3.8) is 0 Å². The molecule has 0 saturated heterocycles. The molecule has 0 fully saturated rings. The molecule has 0 atom stereocenters. The number of nitrogens with zero attached hydrogens (tertiary/aromatic N) is 1. The van der Waals surface area contributed by atoms with Crippen LogP contribution in [0.3, 0.4) is 0 Å². The topological polar surface area (TPSA) is 22.1 Å². The first-order chi connectivity index (χ1) is 7.34. The summed E-state index contributed by atoms with van der Waals surface area (Å²) in [5.41, 5.74) is 1.17. The first-order valence-corrected chi connectivity index (χ1v) is 5.71. The second kappa shape index (κ2) is 5.11. The molecule has 0 radical (unpaired) electrons. The maximum atomic E-state index is 5.63. The quantitative estimate of drug-likeness (QED) is 0.641. The summed E-state index contributed by atoms with van der Waals surface area (Å²) in [6, 6.07) is 13.9. The van der Waals surface area contributed by atoms with E-state index in [1.165, 1.54) is 5.56 Å². The summed E-state index contributed by atoms with van der Waals surface area (Å²) in [5, 5.41) is 0. The van der Waals surface area contributed by atoms with Crippen molar-refractivity contribution in [1.82, 2.24) is 4.98 Å². The van der Waals surface area contributed by atoms with Gasteiger partial charge in [0.15, 0.2) is 0 Å². The Labute approximate surface area is 102 Å². The molecule has 1 aromatic heterocycles. The van der Waals surface area contributed by atoms with Crippen molar-refractivity contribution in [3.8, 4) is 5.75 Å². The van der Waals surface area contributed by atoms with Crippen molar-refractivity contribution in [2.24, 2.45) is 0 Å². The molecular weight excluding hydrogens is 301 g/mol. The van der Waals surface area contributed by atoms with Gasteiger partial charge < -0.3 is 4.74 Å². The standard InChI is InChI=1S/C12H10INO/c13-12-8-11(6-7-14-12)15-9-10-4-2-1-3-5-10/h1-8H,9H2. The highest BCUT2D eigenvalue weighted by molar-refractivity contribution is 14.1. The van der Waals surface area contributed by atoms with E-state index in [0.29, 0.717) is 6.61 Å². The summed E-state index contributed by atoms with van der Waals surface area (Å²) >= 11 is 2.17. The maximum absolute atomic E-state index is 5.63. The van der Waals surface area contributed by atoms with Crippen LogP contribution in [0, 0.1) is 3.70 Å². The molecule has 2 aromatic rings. The van der Waals surface area contributed by atoms with Gasteiger partial charge >= 0.3 is 0 Å². The molecule has 0 unspecified atom stereocenters. The molecule has 3 heteroatoms. The highest BCUT2D eigenvalue weighted by Crippen LogP contribution is 2.14. The highest BCUT2D eigenvalue weighted by atomic mass is 127. The van der Waals surface area contributed by atoms with Crippen LogP contribution in [0.4, 0.5) is 0 Å². The Kier molecular flexibility index (Phi) is 3.55. The van der Waals surface area contributed by atoms with E-state index in [2.05, 4.69) is 27.6 Å². The number of pyridine rings is 1. The second-order valence-corrected chi connectivity index (χ2v) is 4.19. The molecule has 1 aromatic carbocycles. The number of halogens is 1. The van der Waals surface area contributed by atoms with E-state index in [9.17, 15) is 0 Å². The molecule has 0 saturated carbocycles. The lowest BCUT2D eigenvalue weighted by Crippen LogP contribution is -1.95. The van der Waals surface area contributed by atoms with Crippen molar-refractivity contribution in [3.05, 3.63) is 57.9 Å². The molecule has 0 aliphatic rings. The van der Waals surface area contributed by atoms with Crippen molar-refractivity contribution >= 4 is 22.6 Å². The van der Waals surface area contributed by atoms with E-state index in [1.807, 2.05) is 42.5 Å². The number of hydrogen-bond acceptors (Lipinski definition) is 2. The summed E-state index contributed by atoms with van der Waals surface area (Å²) in [6.07, 6.45) is 1.75. The average molecular weight is 311 g/mol. The first-order valence-electron chi connectivity index (χ1n) is 4.63. The maximum Gasteiger partial charge on any atom is 0.123 e. The minimum Gasteiger partial charge on any atom is -0.489 e. The Morgan fingerprint density at radius 1 is 1.13 bits per heavy atom. The zero-order valence-corrected chi connectivity index (χ0v) is 10.2. The van der Waals surface area contributed by atoms with Gasteiger partial charge in [-0.3, -0.25) is 4.98 Å². The zero-order chi connectivity index (χ0) is 10.5. The lowest BCUT2D eigenvalue weighted by Gasteiger charge is -2.05. The summed E-state index contributed by atoms with van der Waals surface area (Å²) in [4.78, 5) is 4.10. The van der Waals surface area contributed by atoms with Crippen LogP contribution in [0.15, 0.2) is 48.7 Å².